The van der Waals surface area contributed by atoms with Gasteiger partial charge in [-0.25, -0.2) is 14.8 Å². The van der Waals surface area contributed by atoms with Crippen molar-refractivity contribution >= 4 is 5.97 Å². The second kappa shape index (κ2) is 9.93. The molecule has 4 aromatic rings. The van der Waals surface area contributed by atoms with E-state index in [0.717, 1.165) is 46.2 Å². The van der Waals surface area contributed by atoms with Crippen molar-refractivity contribution < 1.29 is 9.53 Å². The van der Waals surface area contributed by atoms with Gasteiger partial charge in [-0.2, -0.15) is 0 Å². The zero-order chi connectivity index (χ0) is 26.1. The van der Waals surface area contributed by atoms with E-state index in [2.05, 4.69) is 60.8 Å². The molecule has 1 saturated heterocycles. The molecule has 8 nitrogen and oxygen atoms in total. The fraction of sp³-hybridized carbons (Fsp3) is 0.300. The molecular weight excluding hydrogens is 476 g/mol. The van der Waals surface area contributed by atoms with E-state index in [9.17, 15) is 4.79 Å². The highest BCUT2D eigenvalue weighted by Gasteiger charge is 2.60. The summed E-state index contributed by atoms with van der Waals surface area (Å²) in [6.07, 6.45) is 10.3. The van der Waals surface area contributed by atoms with E-state index in [4.69, 9.17) is 11.2 Å². The normalized spacial score (nSPS) is 19.6. The van der Waals surface area contributed by atoms with Crippen LogP contribution in [0.15, 0.2) is 54.7 Å². The Balaban J connectivity index is 1.18. The predicted octanol–water partition coefficient (Wildman–Crippen LogP) is 4.24. The van der Waals surface area contributed by atoms with Crippen molar-refractivity contribution in [1.29, 1.82) is 0 Å². The number of hydrogen-bond donors (Lipinski definition) is 4. The fourth-order valence-corrected chi connectivity index (χ4v) is 5.43. The van der Waals surface area contributed by atoms with Crippen LogP contribution in [0.25, 0.3) is 33.6 Å². The summed E-state index contributed by atoms with van der Waals surface area (Å²) in [5, 5.41) is 6.85. The maximum atomic E-state index is 12.4. The van der Waals surface area contributed by atoms with Crippen LogP contribution in [0.1, 0.15) is 41.4 Å². The van der Waals surface area contributed by atoms with Crippen molar-refractivity contribution in [2.75, 3.05) is 20.2 Å². The Hall–Kier alpha value is -4.19. The van der Waals surface area contributed by atoms with E-state index in [1.807, 2.05) is 30.5 Å². The number of terminal acetylenes is 1. The number of carbonyl (C=O) groups is 1. The number of nitrogens with one attached hydrogen (secondary N) is 4. The Morgan fingerprint density at radius 1 is 1.11 bits per heavy atom. The van der Waals surface area contributed by atoms with Crippen molar-refractivity contribution in [3.05, 3.63) is 72.1 Å². The molecular formula is C30H30N6O2. The van der Waals surface area contributed by atoms with E-state index < -0.39 is 5.97 Å². The number of carbonyl (C=O) groups excluding carboxylic acids is 1. The van der Waals surface area contributed by atoms with E-state index in [1.54, 1.807) is 0 Å². The van der Waals surface area contributed by atoms with Crippen molar-refractivity contribution in [2.24, 2.45) is 5.92 Å². The third kappa shape index (κ3) is 4.40. The third-order valence-electron chi connectivity index (χ3n) is 7.61. The number of nitrogens with zero attached hydrogens (tertiary/aromatic N) is 2. The van der Waals surface area contributed by atoms with Crippen LogP contribution < -0.4 is 10.6 Å². The number of benzene rings is 2. The smallest absolute Gasteiger partial charge is 0.356 e. The molecule has 0 unspecified atom stereocenters. The molecule has 4 N–H and O–H groups in total. The number of piperidine rings is 1. The molecule has 1 aliphatic carbocycles. The summed E-state index contributed by atoms with van der Waals surface area (Å²) in [6.45, 7) is 2.23. The first-order valence-electron chi connectivity index (χ1n) is 12.9. The zero-order valence-electron chi connectivity index (χ0n) is 21.3. The van der Waals surface area contributed by atoms with Gasteiger partial charge in [0.05, 0.1) is 31.1 Å². The molecule has 6 rings (SSSR count). The molecule has 0 spiro atoms. The van der Waals surface area contributed by atoms with Crippen LogP contribution in [0, 0.1) is 18.3 Å². The van der Waals surface area contributed by atoms with Gasteiger partial charge in [-0.1, -0.05) is 48.5 Å². The van der Waals surface area contributed by atoms with E-state index in [1.165, 1.54) is 20.0 Å². The van der Waals surface area contributed by atoms with Gasteiger partial charge >= 0.3 is 5.97 Å². The molecule has 8 heteroatoms. The zero-order valence-corrected chi connectivity index (χ0v) is 21.3. The Morgan fingerprint density at radius 2 is 1.82 bits per heavy atom. The van der Waals surface area contributed by atoms with Crippen LogP contribution in [-0.4, -0.2) is 46.1 Å². The van der Waals surface area contributed by atoms with Gasteiger partial charge < -0.3 is 25.3 Å². The van der Waals surface area contributed by atoms with Crippen molar-refractivity contribution in [3.8, 4) is 46.0 Å². The van der Waals surface area contributed by atoms with Gasteiger partial charge in [0.15, 0.2) is 5.69 Å². The Morgan fingerprint density at radius 3 is 2.45 bits per heavy atom. The summed E-state index contributed by atoms with van der Waals surface area (Å²) in [5.74, 6) is 4.57. The highest BCUT2D eigenvalue weighted by Crippen LogP contribution is 2.56. The fourth-order valence-electron chi connectivity index (χ4n) is 5.43. The minimum Gasteiger partial charge on any atom is -0.464 e. The first-order valence-corrected chi connectivity index (χ1v) is 12.9. The summed E-state index contributed by atoms with van der Waals surface area (Å²) < 4.78 is 4.97. The van der Waals surface area contributed by atoms with Crippen LogP contribution in [0.3, 0.4) is 0 Å². The van der Waals surface area contributed by atoms with Crippen LogP contribution in [0.4, 0.5) is 0 Å². The molecule has 3 heterocycles. The molecule has 2 aromatic carbocycles. The predicted molar refractivity (Wildman–Crippen MR) is 146 cm³/mol. The molecule has 0 amide bonds. The number of methoxy groups -OCH3 is 1. The van der Waals surface area contributed by atoms with E-state index in [0.29, 0.717) is 36.7 Å². The van der Waals surface area contributed by atoms with Gasteiger partial charge in [0, 0.05) is 18.5 Å². The van der Waals surface area contributed by atoms with Crippen molar-refractivity contribution in [2.45, 2.75) is 31.3 Å². The monoisotopic (exact) mass is 506 g/mol. The topological polar surface area (TPSA) is 108 Å². The number of esters is 1. The number of aromatic amines is 2. The summed E-state index contributed by atoms with van der Waals surface area (Å²) in [6, 6.07) is 16.5. The lowest BCUT2D eigenvalue weighted by Gasteiger charge is -2.09. The summed E-state index contributed by atoms with van der Waals surface area (Å²) in [4.78, 5) is 28.3. The molecule has 0 radical (unpaired) electrons. The lowest BCUT2D eigenvalue weighted by molar-refractivity contribution is 0.0595. The minimum absolute atomic E-state index is 0.0846. The van der Waals surface area contributed by atoms with Gasteiger partial charge in [-0.15, -0.1) is 12.3 Å². The number of fused-ring (bicyclic) bond motifs is 1. The minimum atomic E-state index is -0.454. The molecule has 1 saturated carbocycles. The second-order valence-corrected chi connectivity index (χ2v) is 9.92. The second-order valence-electron chi connectivity index (χ2n) is 9.92. The van der Waals surface area contributed by atoms with E-state index >= 15 is 0 Å². The lowest BCUT2D eigenvalue weighted by Crippen LogP contribution is -2.26. The number of H-pyrrole nitrogens is 2. The molecule has 2 fully saturated rings. The van der Waals surface area contributed by atoms with Gasteiger partial charge in [-0.05, 0) is 42.0 Å². The van der Waals surface area contributed by atoms with Crippen LogP contribution >= 0.6 is 0 Å². The maximum Gasteiger partial charge on any atom is 0.356 e. The quantitative estimate of drug-likeness (QED) is 0.154. The van der Waals surface area contributed by atoms with Crippen LogP contribution in [-0.2, 0) is 16.8 Å². The molecule has 2 aliphatic rings. The molecule has 192 valence electrons. The van der Waals surface area contributed by atoms with Gasteiger partial charge in [0.2, 0.25) is 0 Å². The van der Waals surface area contributed by atoms with Crippen LogP contribution in [0.5, 0.6) is 0 Å². The first kappa shape index (κ1) is 24.2. The number of ether oxygens (including phenoxy) is 1. The third-order valence-corrected chi connectivity index (χ3v) is 7.61. The summed E-state index contributed by atoms with van der Waals surface area (Å²) >= 11 is 0. The standard InChI is InChI=1S/C30H30N6O2/c1-3-4-14-31-18-25-35-26(27(36-25)28(37)38-2)22-11-7-20(8-12-22)19-5-9-21(10-6-19)24-17-32-29(34-24)30-16-23(30)13-15-33-30/h1,5-12,17,23,31,33H,4,13-16,18H2,2H3,(H,32,34)(H,35,36)/t23-,30+/m0/s1. The number of aromatic nitrogens is 4. The molecule has 1 aliphatic heterocycles. The number of rotatable bonds is 9. The SMILES string of the molecule is C#CCCNCc1nc(-c2ccc(-c3ccc(-c4cnc([C@@]56C[C@@H]5CCN6)[nH]4)cc3)cc2)c(C(=O)OC)[nH]1. The van der Waals surface area contributed by atoms with Gasteiger partial charge in [0.1, 0.15) is 17.3 Å². The van der Waals surface area contributed by atoms with E-state index in [-0.39, 0.29) is 5.54 Å². The Labute approximate surface area is 221 Å². The summed E-state index contributed by atoms with van der Waals surface area (Å²) in [5.41, 5.74) is 6.14. The highest BCUT2D eigenvalue weighted by atomic mass is 16.5. The largest absolute Gasteiger partial charge is 0.464 e. The molecule has 2 atom stereocenters. The van der Waals surface area contributed by atoms with Crippen molar-refractivity contribution in [1.82, 2.24) is 30.6 Å². The lowest BCUT2D eigenvalue weighted by atomic mass is 10.0. The average molecular weight is 507 g/mol. The van der Waals surface area contributed by atoms with Gasteiger partial charge in [0.25, 0.3) is 0 Å². The molecule has 2 aromatic heterocycles. The number of hydrogen-bond acceptors (Lipinski definition) is 6. The number of imidazole rings is 2. The first-order chi connectivity index (χ1) is 18.6. The maximum absolute atomic E-state index is 12.4. The average Bonchev–Trinajstić information content (AvgIpc) is 3.38. The van der Waals surface area contributed by atoms with Gasteiger partial charge in [-0.3, -0.25) is 0 Å². The van der Waals surface area contributed by atoms with Crippen LogP contribution in [0.2, 0.25) is 0 Å². The molecule has 38 heavy (non-hydrogen) atoms. The summed E-state index contributed by atoms with van der Waals surface area (Å²) in [7, 11) is 1.36. The molecule has 0 bridgehead atoms. The highest BCUT2D eigenvalue weighted by molar-refractivity contribution is 5.94. The Kier molecular flexibility index (Phi) is 6.32. The van der Waals surface area contributed by atoms with Crippen molar-refractivity contribution in [3.63, 3.8) is 0 Å². The Bertz CT molecular complexity index is 1490.